The Bertz CT molecular complexity index is 49.7. The molecule has 0 saturated carbocycles. The molecule has 0 unspecified atom stereocenters. The molecule has 0 aromatic rings. The fourth-order valence-electron chi connectivity index (χ4n) is 0.355. The first kappa shape index (κ1) is 7.88. The second-order valence-electron chi connectivity index (χ2n) is 1.54. The summed E-state index contributed by atoms with van der Waals surface area (Å²) in [6.07, 6.45) is 0. The summed E-state index contributed by atoms with van der Waals surface area (Å²) >= 11 is 0. The van der Waals surface area contributed by atoms with Gasteiger partial charge in [-0.2, -0.15) is 5.06 Å². The molecule has 0 bridgehead atoms. The molecule has 0 aliphatic heterocycles. The monoisotopic (exact) mass is 119 g/mol. The van der Waals surface area contributed by atoms with Crippen molar-refractivity contribution >= 4 is 0 Å². The van der Waals surface area contributed by atoms with Crippen LogP contribution < -0.4 is 0 Å². The summed E-state index contributed by atoms with van der Waals surface area (Å²) in [4.78, 5) is 0. The SMILES string of the molecule is CCN(O)CCOC. The van der Waals surface area contributed by atoms with E-state index in [9.17, 15) is 0 Å². The summed E-state index contributed by atoms with van der Waals surface area (Å²) in [6, 6.07) is 0. The van der Waals surface area contributed by atoms with Crippen molar-refractivity contribution in [3.05, 3.63) is 0 Å². The molecule has 0 fully saturated rings. The van der Waals surface area contributed by atoms with Crippen molar-refractivity contribution in [3.63, 3.8) is 0 Å². The third kappa shape index (κ3) is 4.05. The highest BCUT2D eigenvalue weighted by molar-refractivity contribution is 4.36. The molecule has 0 heterocycles. The number of rotatable bonds is 4. The smallest absolute Gasteiger partial charge is 0.0612 e. The van der Waals surface area contributed by atoms with Gasteiger partial charge in [-0.25, -0.2) is 0 Å². The van der Waals surface area contributed by atoms with Crippen LogP contribution >= 0.6 is 0 Å². The number of ether oxygens (including phenoxy) is 1. The summed E-state index contributed by atoms with van der Waals surface area (Å²) in [6.45, 7) is 3.72. The number of hydrogen-bond acceptors (Lipinski definition) is 3. The lowest BCUT2D eigenvalue weighted by Crippen LogP contribution is -2.22. The zero-order chi connectivity index (χ0) is 6.41. The Kier molecular flexibility index (Phi) is 4.95. The Labute approximate surface area is 49.8 Å². The Hall–Kier alpha value is -0.120. The van der Waals surface area contributed by atoms with Gasteiger partial charge in [-0.15, -0.1) is 0 Å². The summed E-state index contributed by atoms with van der Waals surface area (Å²) < 4.78 is 4.71. The average molecular weight is 119 g/mol. The molecule has 8 heavy (non-hydrogen) atoms. The topological polar surface area (TPSA) is 32.7 Å². The van der Waals surface area contributed by atoms with Crippen molar-refractivity contribution in [2.45, 2.75) is 6.92 Å². The van der Waals surface area contributed by atoms with Gasteiger partial charge in [0, 0.05) is 20.2 Å². The van der Waals surface area contributed by atoms with Crippen LogP contribution in [0.4, 0.5) is 0 Å². The highest BCUT2D eigenvalue weighted by Crippen LogP contribution is 1.77. The van der Waals surface area contributed by atoms with Crippen molar-refractivity contribution in [1.82, 2.24) is 5.06 Å². The second kappa shape index (κ2) is 5.03. The molecule has 0 aliphatic carbocycles. The quantitative estimate of drug-likeness (QED) is 0.542. The molecule has 3 nitrogen and oxygen atoms in total. The molecular formula is C5H13NO2. The highest BCUT2D eigenvalue weighted by atomic mass is 16.5. The van der Waals surface area contributed by atoms with Gasteiger partial charge in [0.2, 0.25) is 0 Å². The van der Waals surface area contributed by atoms with E-state index in [0.717, 1.165) is 0 Å². The second-order valence-corrected chi connectivity index (χ2v) is 1.54. The minimum absolute atomic E-state index is 0.588. The first-order valence-electron chi connectivity index (χ1n) is 2.74. The maximum absolute atomic E-state index is 8.74. The first-order valence-corrected chi connectivity index (χ1v) is 2.74. The van der Waals surface area contributed by atoms with Crippen LogP contribution in [0, 0.1) is 0 Å². The predicted octanol–water partition coefficient (Wildman–Crippen LogP) is 0.344. The van der Waals surface area contributed by atoms with Crippen LogP contribution in [0.5, 0.6) is 0 Å². The molecule has 0 atom stereocenters. The molecule has 0 aliphatic rings. The van der Waals surface area contributed by atoms with Gasteiger partial charge in [-0.05, 0) is 0 Å². The van der Waals surface area contributed by atoms with Gasteiger partial charge in [0.05, 0.1) is 6.61 Å². The van der Waals surface area contributed by atoms with Gasteiger partial charge >= 0.3 is 0 Å². The summed E-state index contributed by atoms with van der Waals surface area (Å²) in [5, 5.41) is 9.95. The third-order valence-electron chi connectivity index (χ3n) is 0.919. The Morgan fingerprint density at radius 1 is 1.62 bits per heavy atom. The van der Waals surface area contributed by atoms with E-state index in [0.29, 0.717) is 19.7 Å². The van der Waals surface area contributed by atoms with Gasteiger partial charge < -0.3 is 9.94 Å². The molecule has 1 N–H and O–H groups in total. The standard InChI is InChI=1S/C5H13NO2/c1-3-6(7)4-5-8-2/h7H,3-5H2,1-2H3. The zero-order valence-electron chi connectivity index (χ0n) is 5.42. The van der Waals surface area contributed by atoms with Crippen molar-refractivity contribution in [2.75, 3.05) is 26.8 Å². The Morgan fingerprint density at radius 3 is 2.62 bits per heavy atom. The van der Waals surface area contributed by atoms with Gasteiger partial charge in [0.1, 0.15) is 0 Å². The average Bonchev–Trinajstić information content (AvgIpc) is 1.83. The molecule has 0 saturated heterocycles. The molecule has 3 heteroatoms. The van der Waals surface area contributed by atoms with Crippen LogP contribution in [0.3, 0.4) is 0 Å². The van der Waals surface area contributed by atoms with E-state index in [1.807, 2.05) is 6.92 Å². The molecule has 0 aromatic carbocycles. The van der Waals surface area contributed by atoms with Crippen LogP contribution in [-0.2, 0) is 4.74 Å². The number of hydroxylamine groups is 2. The maximum atomic E-state index is 8.74. The summed E-state index contributed by atoms with van der Waals surface area (Å²) in [7, 11) is 1.61. The van der Waals surface area contributed by atoms with E-state index in [1.54, 1.807) is 7.11 Å². The van der Waals surface area contributed by atoms with Gasteiger partial charge in [0.15, 0.2) is 0 Å². The zero-order valence-corrected chi connectivity index (χ0v) is 5.42. The minimum atomic E-state index is 0.588. The van der Waals surface area contributed by atoms with E-state index in [2.05, 4.69) is 0 Å². The van der Waals surface area contributed by atoms with E-state index in [1.165, 1.54) is 5.06 Å². The lowest BCUT2D eigenvalue weighted by Gasteiger charge is -2.09. The first-order chi connectivity index (χ1) is 3.81. The van der Waals surface area contributed by atoms with Crippen molar-refractivity contribution in [2.24, 2.45) is 0 Å². The number of likely N-dealkylation sites (N-methyl/N-ethyl adjacent to an activating group) is 1. The van der Waals surface area contributed by atoms with Crippen molar-refractivity contribution in [1.29, 1.82) is 0 Å². The highest BCUT2D eigenvalue weighted by Gasteiger charge is 1.91. The fraction of sp³-hybridized carbons (Fsp3) is 1.00. The molecule has 0 amide bonds. The third-order valence-corrected chi connectivity index (χ3v) is 0.919. The van der Waals surface area contributed by atoms with Crippen LogP contribution in [0.1, 0.15) is 6.92 Å². The van der Waals surface area contributed by atoms with E-state index >= 15 is 0 Å². The number of nitrogens with zero attached hydrogens (tertiary/aromatic N) is 1. The normalized spacial score (nSPS) is 10.5. The molecule has 0 spiro atoms. The van der Waals surface area contributed by atoms with Crippen LogP contribution in [0.15, 0.2) is 0 Å². The summed E-state index contributed by atoms with van der Waals surface area (Å²) in [5.74, 6) is 0. The molecular weight excluding hydrogens is 106 g/mol. The van der Waals surface area contributed by atoms with Crippen molar-refractivity contribution in [3.8, 4) is 0 Å². The number of hydrogen-bond donors (Lipinski definition) is 1. The Morgan fingerprint density at radius 2 is 2.25 bits per heavy atom. The van der Waals surface area contributed by atoms with Crippen molar-refractivity contribution < 1.29 is 9.94 Å². The van der Waals surface area contributed by atoms with E-state index < -0.39 is 0 Å². The predicted molar refractivity (Wildman–Crippen MR) is 30.9 cm³/mol. The number of methoxy groups -OCH3 is 1. The van der Waals surface area contributed by atoms with E-state index in [4.69, 9.17) is 9.94 Å². The Balaban J connectivity index is 2.86. The molecule has 0 rings (SSSR count). The molecule has 0 aromatic heterocycles. The largest absolute Gasteiger partial charge is 0.383 e. The minimum Gasteiger partial charge on any atom is -0.383 e. The maximum Gasteiger partial charge on any atom is 0.0612 e. The van der Waals surface area contributed by atoms with Gasteiger partial charge in [0.25, 0.3) is 0 Å². The van der Waals surface area contributed by atoms with Gasteiger partial charge in [-0.3, -0.25) is 0 Å². The lowest BCUT2D eigenvalue weighted by molar-refractivity contribution is -0.0967. The van der Waals surface area contributed by atoms with Crippen LogP contribution in [0.25, 0.3) is 0 Å². The lowest BCUT2D eigenvalue weighted by atomic mass is 10.6. The van der Waals surface area contributed by atoms with Crippen LogP contribution in [0.2, 0.25) is 0 Å². The van der Waals surface area contributed by atoms with Crippen LogP contribution in [-0.4, -0.2) is 37.1 Å². The van der Waals surface area contributed by atoms with Gasteiger partial charge in [-0.1, -0.05) is 6.92 Å². The molecule has 0 radical (unpaired) electrons. The summed E-state index contributed by atoms with van der Waals surface area (Å²) in [5.41, 5.74) is 0. The fourth-order valence-corrected chi connectivity index (χ4v) is 0.355. The molecule has 50 valence electrons. The van der Waals surface area contributed by atoms with E-state index in [-0.39, 0.29) is 0 Å².